The van der Waals surface area contributed by atoms with Crippen LogP contribution in [0.25, 0.3) is 0 Å². The lowest BCUT2D eigenvalue weighted by atomic mass is 10.1. The highest BCUT2D eigenvalue weighted by molar-refractivity contribution is 7.98. The number of rotatable bonds is 9. The van der Waals surface area contributed by atoms with E-state index in [1.165, 1.54) is 36.3 Å². The predicted octanol–water partition coefficient (Wildman–Crippen LogP) is 5.02. The van der Waals surface area contributed by atoms with Crippen molar-refractivity contribution in [3.8, 4) is 0 Å². The minimum absolute atomic E-state index is 0.146. The van der Waals surface area contributed by atoms with Crippen LogP contribution in [0.2, 0.25) is 0 Å². The average Bonchev–Trinajstić information content (AvgIpc) is 2.46. The van der Waals surface area contributed by atoms with Crippen molar-refractivity contribution >= 4 is 23.2 Å². The van der Waals surface area contributed by atoms with Gasteiger partial charge in [-0.25, -0.2) is 0 Å². The third kappa shape index (κ3) is 5.20. The first-order chi connectivity index (χ1) is 9.62. The van der Waals surface area contributed by atoms with Crippen molar-refractivity contribution in [1.29, 1.82) is 0 Å². The number of anilines is 1. The summed E-state index contributed by atoms with van der Waals surface area (Å²) in [7, 11) is 0. The van der Waals surface area contributed by atoms with Crippen LogP contribution in [0.4, 0.5) is 5.69 Å². The van der Waals surface area contributed by atoms with Crippen molar-refractivity contribution < 1.29 is 4.79 Å². The van der Waals surface area contributed by atoms with Gasteiger partial charge in [-0.15, -0.1) is 11.8 Å². The molecule has 0 saturated carbocycles. The quantitative estimate of drug-likeness (QED) is 0.471. The fourth-order valence-electron chi connectivity index (χ4n) is 2.15. The Morgan fingerprint density at radius 2 is 1.70 bits per heavy atom. The first-order valence-corrected chi connectivity index (χ1v) is 8.79. The molecule has 0 atom stereocenters. The largest absolute Gasteiger partial charge is 0.371 e. The molecule has 112 valence electrons. The molecule has 0 unspecified atom stereocenters. The highest BCUT2D eigenvalue weighted by Gasteiger charge is 2.10. The molecule has 0 heterocycles. The molecular weight excluding hydrogens is 266 g/mol. The van der Waals surface area contributed by atoms with Crippen LogP contribution in [-0.4, -0.2) is 25.1 Å². The third-order valence-corrected chi connectivity index (χ3v) is 4.17. The number of benzene rings is 1. The second-order valence-corrected chi connectivity index (χ2v) is 6.05. The molecule has 1 aromatic carbocycles. The fraction of sp³-hybridized carbons (Fsp3) is 0.588. The molecule has 0 spiro atoms. The van der Waals surface area contributed by atoms with E-state index in [-0.39, 0.29) is 5.78 Å². The van der Waals surface area contributed by atoms with E-state index in [0.29, 0.717) is 0 Å². The molecule has 20 heavy (non-hydrogen) atoms. The molecule has 0 aliphatic rings. The standard InChI is InChI=1S/C17H27NOS/c1-5-7-9-18(10-8-6-2)16-11-15(14(3)19)12-17(13-16)20-4/h11-13H,5-10H2,1-4H3. The first kappa shape index (κ1) is 17.1. The van der Waals surface area contributed by atoms with Crippen molar-refractivity contribution in [2.45, 2.75) is 51.3 Å². The molecule has 1 rings (SSSR count). The van der Waals surface area contributed by atoms with Gasteiger partial charge in [0.15, 0.2) is 5.78 Å². The van der Waals surface area contributed by atoms with E-state index in [4.69, 9.17) is 0 Å². The van der Waals surface area contributed by atoms with Crippen LogP contribution < -0.4 is 4.90 Å². The number of carbonyl (C=O) groups is 1. The van der Waals surface area contributed by atoms with Crippen molar-refractivity contribution in [3.05, 3.63) is 23.8 Å². The number of unbranched alkanes of at least 4 members (excludes halogenated alkanes) is 2. The minimum atomic E-state index is 0.146. The lowest BCUT2D eigenvalue weighted by Crippen LogP contribution is -2.25. The summed E-state index contributed by atoms with van der Waals surface area (Å²) in [5.74, 6) is 0.146. The zero-order chi connectivity index (χ0) is 15.0. The van der Waals surface area contributed by atoms with E-state index < -0.39 is 0 Å². The number of hydrogen-bond donors (Lipinski definition) is 0. The summed E-state index contributed by atoms with van der Waals surface area (Å²) in [5.41, 5.74) is 2.02. The van der Waals surface area contributed by atoms with Crippen LogP contribution in [-0.2, 0) is 0 Å². The normalized spacial score (nSPS) is 10.6. The molecule has 1 aromatic rings. The van der Waals surface area contributed by atoms with Crippen molar-refractivity contribution in [1.82, 2.24) is 0 Å². The van der Waals surface area contributed by atoms with Crippen LogP contribution in [0.5, 0.6) is 0 Å². The molecule has 3 heteroatoms. The lowest BCUT2D eigenvalue weighted by Gasteiger charge is -2.25. The summed E-state index contributed by atoms with van der Waals surface area (Å²) >= 11 is 1.70. The van der Waals surface area contributed by atoms with Crippen molar-refractivity contribution in [2.24, 2.45) is 0 Å². The number of nitrogens with zero attached hydrogens (tertiary/aromatic N) is 1. The molecule has 0 fully saturated rings. The van der Waals surface area contributed by atoms with Gasteiger partial charge >= 0.3 is 0 Å². The second kappa shape index (κ2) is 9.06. The number of Topliss-reactive ketones (excluding diaryl/α,β-unsaturated/α-hetero) is 1. The average molecular weight is 293 g/mol. The van der Waals surface area contributed by atoms with Crippen LogP contribution >= 0.6 is 11.8 Å². The van der Waals surface area contributed by atoms with Gasteiger partial charge in [-0.05, 0) is 44.2 Å². The van der Waals surface area contributed by atoms with Gasteiger partial charge in [0.2, 0.25) is 0 Å². The molecule has 0 aliphatic carbocycles. The Morgan fingerprint density at radius 3 is 2.15 bits per heavy atom. The third-order valence-electron chi connectivity index (χ3n) is 3.46. The topological polar surface area (TPSA) is 20.3 Å². The number of carbonyl (C=O) groups excluding carboxylic acids is 1. The Kier molecular flexibility index (Phi) is 7.75. The smallest absolute Gasteiger partial charge is 0.159 e. The maximum atomic E-state index is 11.7. The Hall–Kier alpha value is -0.960. The Labute approximate surface area is 127 Å². The Balaban J connectivity index is 3.02. The highest BCUT2D eigenvalue weighted by atomic mass is 32.2. The van der Waals surface area contributed by atoms with E-state index in [1.54, 1.807) is 18.7 Å². The van der Waals surface area contributed by atoms with Crippen LogP contribution in [0.3, 0.4) is 0 Å². The van der Waals surface area contributed by atoms with E-state index in [2.05, 4.69) is 31.1 Å². The lowest BCUT2D eigenvalue weighted by molar-refractivity contribution is 0.101. The van der Waals surface area contributed by atoms with E-state index >= 15 is 0 Å². The highest BCUT2D eigenvalue weighted by Crippen LogP contribution is 2.26. The summed E-state index contributed by atoms with van der Waals surface area (Å²) in [5, 5.41) is 0. The van der Waals surface area contributed by atoms with Crippen molar-refractivity contribution in [3.63, 3.8) is 0 Å². The number of hydrogen-bond acceptors (Lipinski definition) is 3. The van der Waals surface area contributed by atoms with Gasteiger partial charge in [0.05, 0.1) is 0 Å². The Bertz CT molecular complexity index is 423. The molecule has 0 radical (unpaired) electrons. The van der Waals surface area contributed by atoms with Gasteiger partial charge in [0.1, 0.15) is 0 Å². The molecule has 0 aliphatic heterocycles. The molecule has 0 amide bonds. The summed E-state index contributed by atoms with van der Waals surface area (Å²) in [6.07, 6.45) is 6.85. The first-order valence-electron chi connectivity index (χ1n) is 7.57. The van der Waals surface area contributed by atoms with Crippen molar-refractivity contribution in [2.75, 3.05) is 24.2 Å². The van der Waals surface area contributed by atoms with E-state index in [9.17, 15) is 4.79 Å². The second-order valence-electron chi connectivity index (χ2n) is 5.17. The minimum Gasteiger partial charge on any atom is -0.371 e. The van der Waals surface area contributed by atoms with Gasteiger partial charge < -0.3 is 4.90 Å². The SMILES string of the molecule is CCCCN(CCCC)c1cc(SC)cc(C(C)=O)c1. The zero-order valence-corrected chi connectivity index (χ0v) is 14.1. The fourth-order valence-corrected chi connectivity index (χ4v) is 2.64. The molecule has 0 N–H and O–H groups in total. The monoisotopic (exact) mass is 293 g/mol. The van der Waals surface area contributed by atoms with Gasteiger partial charge in [-0.3, -0.25) is 4.79 Å². The van der Waals surface area contributed by atoms with Crippen LogP contribution in [0, 0.1) is 0 Å². The zero-order valence-electron chi connectivity index (χ0n) is 13.2. The molecule has 0 saturated heterocycles. The van der Waals surface area contributed by atoms with Gasteiger partial charge in [-0.1, -0.05) is 26.7 Å². The van der Waals surface area contributed by atoms with Crippen LogP contribution in [0.1, 0.15) is 56.8 Å². The molecule has 2 nitrogen and oxygen atoms in total. The maximum absolute atomic E-state index is 11.7. The van der Waals surface area contributed by atoms with Gasteiger partial charge in [0, 0.05) is 29.2 Å². The molecule has 0 bridgehead atoms. The van der Waals surface area contributed by atoms with E-state index in [1.807, 2.05) is 12.1 Å². The summed E-state index contributed by atoms with van der Waals surface area (Å²) in [6, 6.07) is 6.25. The predicted molar refractivity (Wildman–Crippen MR) is 90.3 cm³/mol. The summed E-state index contributed by atoms with van der Waals surface area (Å²) < 4.78 is 0. The van der Waals surface area contributed by atoms with Crippen LogP contribution in [0.15, 0.2) is 23.1 Å². The molecular formula is C17H27NOS. The number of thioether (sulfide) groups is 1. The summed E-state index contributed by atoms with van der Waals surface area (Å²) in [4.78, 5) is 15.3. The van der Waals surface area contributed by atoms with Gasteiger partial charge in [-0.2, -0.15) is 0 Å². The van der Waals surface area contributed by atoms with Gasteiger partial charge in [0.25, 0.3) is 0 Å². The molecule has 0 aromatic heterocycles. The Morgan fingerprint density at radius 1 is 1.10 bits per heavy atom. The van der Waals surface area contributed by atoms with E-state index in [0.717, 1.165) is 18.7 Å². The number of ketones is 1. The summed E-state index contributed by atoms with van der Waals surface area (Å²) in [6.45, 7) is 8.23. The maximum Gasteiger partial charge on any atom is 0.159 e.